The molecule has 0 atom stereocenters. The number of carbonyl (C=O) groups excluding carboxylic acids is 2. The lowest BCUT2D eigenvalue weighted by atomic mass is 10.2. The van der Waals surface area contributed by atoms with Crippen molar-refractivity contribution >= 4 is 29.0 Å². The molecule has 1 N–H and O–H groups in total. The highest BCUT2D eigenvalue weighted by molar-refractivity contribution is 6.02. The summed E-state index contributed by atoms with van der Waals surface area (Å²) in [6, 6.07) is 7.67. The van der Waals surface area contributed by atoms with Gasteiger partial charge in [-0.3, -0.25) is 24.6 Å². The average Bonchev–Trinajstić information content (AvgIpc) is 2.80. The molecule has 2 amide bonds. The van der Waals surface area contributed by atoms with Gasteiger partial charge in [-0.05, 0) is 23.8 Å². The number of non-ortho nitro benzene ring substituents is 1. The summed E-state index contributed by atoms with van der Waals surface area (Å²) in [6.07, 6.45) is 1.69. The third kappa shape index (κ3) is 4.72. The SMILES string of the molecule is O=C(CN1C(=O)COc2ccc([N+](=O)[O-])cc21)NCc1ccnc(N2CCOCC2)c1. The molecule has 0 saturated carbocycles. The minimum absolute atomic E-state index is 0.185. The zero-order chi connectivity index (χ0) is 21.8. The van der Waals surface area contributed by atoms with Crippen LogP contribution in [0.4, 0.5) is 17.2 Å². The Morgan fingerprint density at radius 3 is 2.81 bits per heavy atom. The first kappa shape index (κ1) is 20.5. The van der Waals surface area contributed by atoms with E-state index in [1.165, 1.54) is 23.1 Å². The van der Waals surface area contributed by atoms with Gasteiger partial charge in [0.25, 0.3) is 11.6 Å². The molecule has 1 aromatic carbocycles. The average molecular weight is 427 g/mol. The van der Waals surface area contributed by atoms with Crippen LogP contribution < -0.4 is 19.9 Å². The van der Waals surface area contributed by atoms with Crippen molar-refractivity contribution in [3.63, 3.8) is 0 Å². The van der Waals surface area contributed by atoms with Crippen molar-refractivity contribution in [2.75, 3.05) is 49.3 Å². The van der Waals surface area contributed by atoms with E-state index in [0.717, 1.165) is 24.5 Å². The summed E-state index contributed by atoms with van der Waals surface area (Å²) in [5, 5.41) is 13.9. The Bertz CT molecular complexity index is 1010. The highest BCUT2D eigenvalue weighted by Crippen LogP contribution is 2.35. The van der Waals surface area contributed by atoms with Crippen LogP contribution in [0.2, 0.25) is 0 Å². The number of hydrogen-bond donors (Lipinski definition) is 1. The lowest BCUT2D eigenvalue weighted by molar-refractivity contribution is -0.384. The molecule has 3 heterocycles. The molecule has 11 nitrogen and oxygen atoms in total. The summed E-state index contributed by atoms with van der Waals surface area (Å²) >= 11 is 0. The quantitative estimate of drug-likeness (QED) is 0.531. The summed E-state index contributed by atoms with van der Waals surface area (Å²) in [5.74, 6) is 0.307. The number of fused-ring (bicyclic) bond motifs is 1. The first-order chi connectivity index (χ1) is 15.0. The number of aromatic nitrogens is 1. The maximum absolute atomic E-state index is 12.5. The van der Waals surface area contributed by atoms with Crippen molar-refractivity contribution in [3.05, 3.63) is 52.2 Å². The molecule has 1 fully saturated rings. The fourth-order valence-electron chi connectivity index (χ4n) is 3.41. The molecule has 0 radical (unpaired) electrons. The first-order valence-corrected chi connectivity index (χ1v) is 9.77. The maximum Gasteiger partial charge on any atom is 0.271 e. The Balaban J connectivity index is 1.41. The molecule has 2 aliphatic heterocycles. The maximum atomic E-state index is 12.5. The summed E-state index contributed by atoms with van der Waals surface area (Å²) < 4.78 is 10.7. The fraction of sp³-hybridized carbons (Fsp3) is 0.350. The number of nitro groups is 1. The number of nitro benzene ring substituents is 1. The Morgan fingerprint density at radius 1 is 1.23 bits per heavy atom. The van der Waals surface area contributed by atoms with Gasteiger partial charge in [-0.2, -0.15) is 0 Å². The van der Waals surface area contributed by atoms with Crippen LogP contribution in [-0.4, -0.2) is 61.2 Å². The van der Waals surface area contributed by atoms with Gasteiger partial charge in [-0.1, -0.05) is 0 Å². The second-order valence-corrected chi connectivity index (χ2v) is 7.08. The van der Waals surface area contributed by atoms with E-state index >= 15 is 0 Å². The normalized spacial score (nSPS) is 15.8. The number of nitrogens with zero attached hydrogens (tertiary/aromatic N) is 4. The van der Waals surface area contributed by atoms with Crippen molar-refractivity contribution < 1.29 is 24.0 Å². The second-order valence-electron chi connectivity index (χ2n) is 7.08. The van der Waals surface area contributed by atoms with Crippen LogP contribution in [0.15, 0.2) is 36.5 Å². The van der Waals surface area contributed by atoms with Crippen LogP contribution in [0.5, 0.6) is 5.75 Å². The molecule has 31 heavy (non-hydrogen) atoms. The van der Waals surface area contributed by atoms with E-state index in [2.05, 4.69) is 15.2 Å². The molecule has 4 rings (SSSR count). The van der Waals surface area contributed by atoms with E-state index in [0.29, 0.717) is 19.0 Å². The van der Waals surface area contributed by atoms with Crippen molar-refractivity contribution in [1.29, 1.82) is 0 Å². The number of ether oxygens (including phenoxy) is 2. The molecule has 2 aromatic rings. The zero-order valence-corrected chi connectivity index (χ0v) is 16.7. The number of benzene rings is 1. The number of nitrogens with one attached hydrogen (secondary N) is 1. The first-order valence-electron chi connectivity index (χ1n) is 9.77. The number of amides is 2. The molecule has 0 bridgehead atoms. The predicted octanol–water partition coefficient (Wildman–Crippen LogP) is 0.868. The van der Waals surface area contributed by atoms with Gasteiger partial charge in [0.05, 0.1) is 23.8 Å². The Labute approximate surface area is 177 Å². The molecule has 11 heteroatoms. The van der Waals surface area contributed by atoms with Crippen molar-refractivity contribution in [3.8, 4) is 5.75 Å². The van der Waals surface area contributed by atoms with Gasteiger partial charge in [0, 0.05) is 38.0 Å². The standard InChI is InChI=1S/C20H21N5O6/c26-19(22-11-14-3-4-21-18(9-14)23-5-7-30-8-6-23)12-24-16-10-15(25(28)29)1-2-17(16)31-13-20(24)27/h1-4,9-10H,5-8,11-13H2,(H,22,26). The van der Waals surface area contributed by atoms with E-state index in [-0.39, 0.29) is 31.1 Å². The van der Waals surface area contributed by atoms with Gasteiger partial charge < -0.3 is 19.7 Å². The summed E-state index contributed by atoms with van der Waals surface area (Å²) in [6.45, 7) is 2.58. The Hall–Kier alpha value is -3.73. The number of hydrogen-bond acceptors (Lipinski definition) is 8. The molecular weight excluding hydrogens is 406 g/mol. The summed E-state index contributed by atoms with van der Waals surface area (Å²) in [5.41, 5.74) is 0.892. The largest absolute Gasteiger partial charge is 0.482 e. The fourth-order valence-corrected chi connectivity index (χ4v) is 3.41. The molecule has 2 aliphatic rings. The third-order valence-electron chi connectivity index (χ3n) is 5.03. The van der Waals surface area contributed by atoms with Crippen LogP contribution >= 0.6 is 0 Å². The van der Waals surface area contributed by atoms with Gasteiger partial charge >= 0.3 is 0 Å². The number of morpholine rings is 1. The third-order valence-corrected chi connectivity index (χ3v) is 5.03. The van der Waals surface area contributed by atoms with Crippen LogP contribution in [0.1, 0.15) is 5.56 Å². The van der Waals surface area contributed by atoms with Crippen molar-refractivity contribution in [2.24, 2.45) is 0 Å². The topological polar surface area (TPSA) is 127 Å². The molecule has 1 aromatic heterocycles. The number of rotatable bonds is 6. The minimum Gasteiger partial charge on any atom is -0.482 e. The van der Waals surface area contributed by atoms with Gasteiger partial charge in [0.2, 0.25) is 5.91 Å². The second kappa shape index (κ2) is 8.96. The Morgan fingerprint density at radius 2 is 2.03 bits per heavy atom. The highest BCUT2D eigenvalue weighted by Gasteiger charge is 2.29. The number of carbonyl (C=O) groups is 2. The highest BCUT2D eigenvalue weighted by atomic mass is 16.6. The molecule has 0 spiro atoms. The van der Waals surface area contributed by atoms with Gasteiger partial charge in [-0.15, -0.1) is 0 Å². The summed E-state index contributed by atoms with van der Waals surface area (Å²) in [4.78, 5) is 43.0. The van der Waals surface area contributed by atoms with Crippen LogP contribution in [0.25, 0.3) is 0 Å². The smallest absolute Gasteiger partial charge is 0.271 e. The predicted molar refractivity (Wildman–Crippen MR) is 110 cm³/mol. The summed E-state index contributed by atoms with van der Waals surface area (Å²) in [7, 11) is 0. The molecule has 1 saturated heterocycles. The lowest BCUT2D eigenvalue weighted by Crippen LogP contribution is -2.45. The van der Waals surface area contributed by atoms with Crippen molar-refractivity contribution in [1.82, 2.24) is 10.3 Å². The lowest BCUT2D eigenvalue weighted by Gasteiger charge is -2.28. The van der Waals surface area contributed by atoms with E-state index < -0.39 is 16.7 Å². The van der Waals surface area contributed by atoms with Gasteiger partial charge in [0.1, 0.15) is 18.1 Å². The van der Waals surface area contributed by atoms with Gasteiger partial charge in [0.15, 0.2) is 6.61 Å². The molecule has 0 unspecified atom stereocenters. The Kier molecular flexibility index (Phi) is 5.94. The minimum atomic E-state index is -0.562. The molecule has 162 valence electrons. The van der Waals surface area contributed by atoms with E-state index in [9.17, 15) is 19.7 Å². The molecular formula is C20H21N5O6. The molecule has 0 aliphatic carbocycles. The zero-order valence-electron chi connectivity index (χ0n) is 16.7. The monoisotopic (exact) mass is 427 g/mol. The van der Waals surface area contributed by atoms with Gasteiger partial charge in [-0.25, -0.2) is 4.98 Å². The van der Waals surface area contributed by atoms with Crippen molar-refractivity contribution in [2.45, 2.75) is 6.54 Å². The number of anilines is 2. The van der Waals surface area contributed by atoms with E-state index in [1.54, 1.807) is 6.20 Å². The van der Waals surface area contributed by atoms with E-state index in [1.807, 2.05) is 12.1 Å². The van der Waals surface area contributed by atoms with E-state index in [4.69, 9.17) is 9.47 Å². The van der Waals surface area contributed by atoms with Crippen LogP contribution in [0.3, 0.4) is 0 Å². The van der Waals surface area contributed by atoms with Crippen LogP contribution in [0, 0.1) is 10.1 Å². The van der Waals surface area contributed by atoms with Crippen LogP contribution in [-0.2, 0) is 20.9 Å². The number of pyridine rings is 1.